The molecule has 0 bridgehead atoms. The second kappa shape index (κ2) is 6.69. The van der Waals surface area contributed by atoms with E-state index < -0.39 is 6.09 Å². The number of ether oxygens (including phenoxy) is 1. The normalized spacial score (nSPS) is 10.0. The predicted octanol–water partition coefficient (Wildman–Crippen LogP) is 3.41. The minimum atomic E-state index is -0.540. The van der Waals surface area contributed by atoms with Crippen molar-refractivity contribution in [2.24, 2.45) is 0 Å². The number of aryl methyl sites for hydroxylation is 1. The van der Waals surface area contributed by atoms with E-state index >= 15 is 0 Å². The summed E-state index contributed by atoms with van der Waals surface area (Å²) >= 11 is 0. The molecule has 0 aliphatic carbocycles. The van der Waals surface area contributed by atoms with Gasteiger partial charge in [0.15, 0.2) is 11.6 Å². The Balaban J connectivity index is 2.05. The molecule has 0 aliphatic heterocycles. The van der Waals surface area contributed by atoms with E-state index in [1.54, 1.807) is 19.1 Å². The average Bonchev–Trinajstić information content (AvgIpc) is 2.46. The predicted molar refractivity (Wildman–Crippen MR) is 81.9 cm³/mol. The third-order valence-electron chi connectivity index (χ3n) is 3.04. The van der Waals surface area contributed by atoms with Gasteiger partial charge in [-0.3, -0.25) is 5.32 Å². The molecule has 1 aromatic carbocycles. The van der Waals surface area contributed by atoms with Crippen LogP contribution in [-0.4, -0.2) is 22.9 Å². The number of nitrogens with zero attached hydrogens (tertiary/aromatic N) is 2. The first-order valence-corrected chi connectivity index (χ1v) is 6.71. The fourth-order valence-corrected chi connectivity index (χ4v) is 1.76. The largest absolute Gasteiger partial charge is 0.450 e. The van der Waals surface area contributed by atoms with Crippen LogP contribution in [0.4, 0.5) is 22.1 Å². The lowest BCUT2D eigenvalue weighted by Gasteiger charge is -2.10. The van der Waals surface area contributed by atoms with E-state index in [4.69, 9.17) is 4.74 Å². The number of hydrogen-bond donors (Lipinski definition) is 2. The van der Waals surface area contributed by atoms with Crippen molar-refractivity contribution in [3.8, 4) is 0 Å². The molecule has 2 N–H and O–H groups in total. The Morgan fingerprint density at radius 3 is 2.52 bits per heavy atom. The second-order valence-electron chi connectivity index (χ2n) is 4.52. The summed E-state index contributed by atoms with van der Waals surface area (Å²) in [6.07, 6.45) is -0.540. The minimum absolute atomic E-state index is 0.311. The van der Waals surface area contributed by atoms with Crippen molar-refractivity contribution in [3.63, 3.8) is 0 Å². The van der Waals surface area contributed by atoms with Crippen LogP contribution < -0.4 is 10.6 Å². The van der Waals surface area contributed by atoms with Crippen molar-refractivity contribution >= 4 is 23.4 Å². The summed E-state index contributed by atoms with van der Waals surface area (Å²) in [5.74, 6) is 0.957. The molecule has 1 aromatic heterocycles. The molecule has 6 heteroatoms. The van der Waals surface area contributed by atoms with Crippen LogP contribution in [0.3, 0.4) is 0 Å². The summed E-state index contributed by atoms with van der Waals surface area (Å²) in [4.78, 5) is 11.3. The van der Waals surface area contributed by atoms with Crippen LogP contribution in [0.15, 0.2) is 30.3 Å². The van der Waals surface area contributed by atoms with Gasteiger partial charge in [-0.05, 0) is 50.1 Å². The van der Waals surface area contributed by atoms with Crippen LogP contribution in [-0.2, 0) is 4.74 Å². The van der Waals surface area contributed by atoms with Crippen molar-refractivity contribution in [2.75, 3.05) is 17.2 Å². The number of carbonyl (C=O) groups excluding carboxylic acids is 1. The molecular weight excluding hydrogens is 268 g/mol. The van der Waals surface area contributed by atoms with Crippen molar-refractivity contribution < 1.29 is 9.53 Å². The smallest absolute Gasteiger partial charge is 0.412 e. The van der Waals surface area contributed by atoms with E-state index in [-0.39, 0.29) is 0 Å². The van der Waals surface area contributed by atoms with Gasteiger partial charge in [-0.1, -0.05) is 12.1 Å². The number of rotatable bonds is 4. The lowest BCUT2D eigenvalue weighted by Crippen LogP contribution is -2.14. The maximum absolute atomic E-state index is 11.3. The molecule has 2 rings (SSSR count). The molecule has 0 unspecified atom stereocenters. The van der Waals surface area contributed by atoms with Crippen molar-refractivity contribution in [1.82, 2.24) is 10.2 Å². The minimum Gasteiger partial charge on any atom is -0.450 e. The topological polar surface area (TPSA) is 76.1 Å². The average molecular weight is 286 g/mol. The van der Waals surface area contributed by atoms with E-state index in [2.05, 4.69) is 33.8 Å². The van der Waals surface area contributed by atoms with Crippen molar-refractivity contribution in [3.05, 3.63) is 41.5 Å². The van der Waals surface area contributed by atoms with Gasteiger partial charge < -0.3 is 10.1 Å². The Bertz CT molecular complexity index is 626. The molecule has 0 fully saturated rings. The maximum atomic E-state index is 11.3. The van der Waals surface area contributed by atoms with Crippen LogP contribution in [0, 0.1) is 13.8 Å². The van der Waals surface area contributed by atoms with Crippen molar-refractivity contribution in [1.29, 1.82) is 0 Å². The third-order valence-corrected chi connectivity index (χ3v) is 3.04. The molecule has 0 aliphatic rings. The molecule has 6 nitrogen and oxygen atoms in total. The van der Waals surface area contributed by atoms with E-state index in [0.717, 1.165) is 11.3 Å². The number of nitrogens with one attached hydrogen (secondary N) is 2. The lowest BCUT2D eigenvalue weighted by molar-refractivity contribution is 0.168. The summed E-state index contributed by atoms with van der Waals surface area (Å²) in [5, 5.41) is 13.6. The molecule has 0 saturated heterocycles. The van der Waals surface area contributed by atoms with Crippen LogP contribution in [0.1, 0.15) is 18.1 Å². The standard InChI is InChI=1S/C15H18N4O2/c1-4-21-15(20)17-14-9-8-13(18-19-14)16-12-7-5-6-10(2)11(12)3/h5-9H,4H2,1-3H3,(H,16,18)(H,17,19,20). The molecule has 2 aromatic rings. The van der Waals surface area contributed by atoms with Crippen LogP contribution in [0.2, 0.25) is 0 Å². The second-order valence-corrected chi connectivity index (χ2v) is 4.52. The van der Waals surface area contributed by atoms with E-state index in [1.807, 2.05) is 19.1 Å². The zero-order chi connectivity index (χ0) is 15.2. The van der Waals surface area contributed by atoms with Gasteiger partial charge in [0.1, 0.15) is 0 Å². The molecule has 1 amide bonds. The SMILES string of the molecule is CCOC(=O)Nc1ccc(Nc2cccc(C)c2C)nn1. The molecule has 1 heterocycles. The Hall–Kier alpha value is -2.63. The molecular formula is C15H18N4O2. The third kappa shape index (κ3) is 3.92. The lowest BCUT2D eigenvalue weighted by atomic mass is 10.1. The molecule has 21 heavy (non-hydrogen) atoms. The molecule has 0 radical (unpaired) electrons. The first-order valence-electron chi connectivity index (χ1n) is 6.71. The first kappa shape index (κ1) is 14.8. The van der Waals surface area contributed by atoms with E-state index in [9.17, 15) is 4.79 Å². The maximum Gasteiger partial charge on any atom is 0.412 e. The Labute approximate surface area is 123 Å². The van der Waals surface area contributed by atoms with Gasteiger partial charge in [0.2, 0.25) is 0 Å². The number of benzene rings is 1. The first-order chi connectivity index (χ1) is 10.1. The zero-order valence-corrected chi connectivity index (χ0v) is 12.3. The highest BCUT2D eigenvalue weighted by Crippen LogP contribution is 2.21. The number of anilines is 3. The fourth-order valence-electron chi connectivity index (χ4n) is 1.76. The van der Waals surface area contributed by atoms with Crippen molar-refractivity contribution in [2.45, 2.75) is 20.8 Å². The Kier molecular flexibility index (Phi) is 4.71. The van der Waals surface area contributed by atoms with Gasteiger partial charge >= 0.3 is 6.09 Å². The van der Waals surface area contributed by atoms with Gasteiger partial charge in [-0.25, -0.2) is 4.79 Å². The highest BCUT2D eigenvalue weighted by Gasteiger charge is 2.05. The fraction of sp³-hybridized carbons (Fsp3) is 0.267. The van der Waals surface area contributed by atoms with Crippen LogP contribution in [0.25, 0.3) is 0 Å². The summed E-state index contributed by atoms with van der Waals surface area (Å²) in [7, 11) is 0. The van der Waals surface area contributed by atoms with Gasteiger partial charge in [0.25, 0.3) is 0 Å². The number of amides is 1. The molecule has 0 spiro atoms. The highest BCUT2D eigenvalue weighted by molar-refractivity contribution is 5.83. The van der Waals surface area contributed by atoms with Gasteiger partial charge in [0.05, 0.1) is 6.61 Å². The van der Waals surface area contributed by atoms with Crippen LogP contribution >= 0.6 is 0 Å². The Morgan fingerprint density at radius 2 is 1.86 bits per heavy atom. The summed E-state index contributed by atoms with van der Waals surface area (Å²) in [6.45, 7) is 6.15. The van der Waals surface area contributed by atoms with Crippen LogP contribution in [0.5, 0.6) is 0 Å². The number of hydrogen-bond acceptors (Lipinski definition) is 5. The summed E-state index contributed by atoms with van der Waals surface area (Å²) in [6, 6.07) is 9.43. The van der Waals surface area contributed by atoms with Gasteiger partial charge in [-0.2, -0.15) is 0 Å². The summed E-state index contributed by atoms with van der Waals surface area (Å²) < 4.78 is 4.77. The number of carbonyl (C=O) groups is 1. The Morgan fingerprint density at radius 1 is 1.14 bits per heavy atom. The number of aromatic nitrogens is 2. The van der Waals surface area contributed by atoms with E-state index in [1.165, 1.54) is 5.56 Å². The van der Waals surface area contributed by atoms with Gasteiger partial charge in [0, 0.05) is 5.69 Å². The molecule has 110 valence electrons. The monoisotopic (exact) mass is 286 g/mol. The zero-order valence-electron chi connectivity index (χ0n) is 12.3. The summed E-state index contributed by atoms with van der Waals surface area (Å²) in [5.41, 5.74) is 3.34. The molecule has 0 saturated carbocycles. The molecule has 0 atom stereocenters. The van der Waals surface area contributed by atoms with Gasteiger partial charge in [-0.15, -0.1) is 10.2 Å². The highest BCUT2D eigenvalue weighted by atomic mass is 16.5. The quantitative estimate of drug-likeness (QED) is 0.900. The van der Waals surface area contributed by atoms with E-state index in [0.29, 0.717) is 18.2 Å².